The predicted molar refractivity (Wildman–Crippen MR) is 62.2 cm³/mol. The van der Waals surface area contributed by atoms with E-state index in [0.717, 1.165) is 37.5 Å². The van der Waals surface area contributed by atoms with Crippen LogP contribution in [-0.4, -0.2) is 41.2 Å². The van der Waals surface area contributed by atoms with Crippen LogP contribution in [0, 0.1) is 12.8 Å². The number of hydrogen-bond donors (Lipinski definition) is 1. The van der Waals surface area contributed by atoms with E-state index in [1.54, 1.807) is 11.3 Å². The number of hydrogen-bond acceptors (Lipinski definition) is 4. The summed E-state index contributed by atoms with van der Waals surface area (Å²) in [6.45, 7) is 5.66. The van der Waals surface area contributed by atoms with Crippen LogP contribution in [-0.2, 0) is 6.42 Å². The van der Waals surface area contributed by atoms with E-state index in [1.165, 1.54) is 5.69 Å². The van der Waals surface area contributed by atoms with E-state index in [-0.39, 0.29) is 0 Å². The first-order chi connectivity index (χ1) is 7.28. The molecule has 2 heterocycles. The van der Waals surface area contributed by atoms with Crippen molar-refractivity contribution in [3.63, 3.8) is 0 Å². The van der Waals surface area contributed by atoms with Crippen LogP contribution in [0.5, 0.6) is 0 Å². The van der Waals surface area contributed by atoms with Gasteiger partial charge in [-0.25, -0.2) is 4.98 Å². The van der Waals surface area contributed by atoms with Gasteiger partial charge in [0.05, 0.1) is 10.7 Å². The minimum Gasteiger partial charge on any atom is -0.396 e. The molecule has 0 aromatic carbocycles. The van der Waals surface area contributed by atoms with Crippen LogP contribution in [0.15, 0.2) is 5.38 Å². The third-order valence-electron chi connectivity index (χ3n) is 2.98. The molecule has 0 amide bonds. The van der Waals surface area contributed by atoms with Gasteiger partial charge in [0.2, 0.25) is 0 Å². The van der Waals surface area contributed by atoms with Crippen molar-refractivity contribution in [1.29, 1.82) is 0 Å². The smallest absolute Gasteiger partial charge is 0.0897 e. The standard InChI is InChI=1S/C11H18N2OS/c1-9-12-11(8-15-9)3-5-13-4-2-10(6-13)7-14/h8,10,14H,2-7H2,1H3. The van der Waals surface area contributed by atoms with Crippen LogP contribution in [0.25, 0.3) is 0 Å². The Balaban J connectivity index is 1.75. The molecule has 1 saturated heterocycles. The Hall–Kier alpha value is -0.450. The molecule has 84 valence electrons. The zero-order valence-corrected chi connectivity index (χ0v) is 9.96. The van der Waals surface area contributed by atoms with Crippen LogP contribution in [0.2, 0.25) is 0 Å². The molecule has 1 aliphatic rings. The summed E-state index contributed by atoms with van der Waals surface area (Å²) in [4.78, 5) is 6.88. The minimum absolute atomic E-state index is 0.340. The molecule has 1 atom stereocenters. The van der Waals surface area contributed by atoms with Gasteiger partial charge in [-0.15, -0.1) is 11.3 Å². The summed E-state index contributed by atoms with van der Waals surface area (Å²) in [5.41, 5.74) is 1.21. The summed E-state index contributed by atoms with van der Waals surface area (Å²) >= 11 is 1.72. The molecule has 1 unspecified atom stereocenters. The lowest BCUT2D eigenvalue weighted by molar-refractivity contribution is 0.222. The summed E-state index contributed by atoms with van der Waals surface area (Å²) in [5.74, 6) is 0.502. The van der Waals surface area contributed by atoms with Crippen LogP contribution >= 0.6 is 11.3 Å². The lowest BCUT2D eigenvalue weighted by atomic mass is 10.1. The summed E-state index contributed by atoms with van der Waals surface area (Å²) in [6.07, 6.45) is 2.19. The summed E-state index contributed by atoms with van der Waals surface area (Å²) in [7, 11) is 0. The molecule has 0 saturated carbocycles. The second-order valence-corrected chi connectivity index (χ2v) is 5.31. The molecule has 3 nitrogen and oxygen atoms in total. The van der Waals surface area contributed by atoms with E-state index in [9.17, 15) is 0 Å². The van der Waals surface area contributed by atoms with Gasteiger partial charge in [-0.2, -0.15) is 0 Å². The maximum Gasteiger partial charge on any atom is 0.0897 e. The third kappa shape index (κ3) is 3.00. The Labute approximate surface area is 94.8 Å². The lowest BCUT2D eigenvalue weighted by Gasteiger charge is -2.14. The monoisotopic (exact) mass is 226 g/mol. The van der Waals surface area contributed by atoms with Gasteiger partial charge < -0.3 is 10.0 Å². The molecule has 1 aliphatic heterocycles. The Morgan fingerprint density at radius 3 is 3.13 bits per heavy atom. The van der Waals surface area contributed by atoms with E-state index in [2.05, 4.69) is 15.3 Å². The number of likely N-dealkylation sites (tertiary alicyclic amines) is 1. The largest absolute Gasteiger partial charge is 0.396 e. The number of thiazole rings is 1. The molecular formula is C11H18N2OS. The second kappa shape index (κ2) is 5.05. The summed E-state index contributed by atoms with van der Waals surface area (Å²) in [5, 5.41) is 12.3. The number of aliphatic hydroxyl groups is 1. The van der Waals surface area contributed by atoms with Crippen molar-refractivity contribution in [2.75, 3.05) is 26.2 Å². The SMILES string of the molecule is Cc1nc(CCN2CCC(CO)C2)cs1. The predicted octanol–water partition coefficient (Wildman–Crippen LogP) is 1.31. The van der Waals surface area contributed by atoms with Gasteiger partial charge in [-0.1, -0.05) is 0 Å². The molecule has 0 radical (unpaired) electrons. The summed E-state index contributed by atoms with van der Waals surface area (Å²) in [6, 6.07) is 0. The first-order valence-corrected chi connectivity index (χ1v) is 6.40. The zero-order valence-electron chi connectivity index (χ0n) is 9.15. The van der Waals surface area contributed by atoms with Gasteiger partial charge in [-0.05, 0) is 25.8 Å². The molecule has 0 bridgehead atoms. The molecule has 15 heavy (non-hydrogen) atoms. The number of aliphatic hydroxyl groups excluding tert-OH is 1. The van der Waals surface area contributed by atoms with Crippen molar-refractivity contribution in [1.82, 2.24) is 9.88 Å². The molecule has 2 rings (SSSR count). The van der Waals surface area contributed by atoms with Crippen molar-refractivity contribution >= 4 is 11.3 Å². The van der Waals surface area contributed by atoms with E-state index >= 15 is 0 Å². The van der Waals surface area contributed by atoms with E-state index in [1.807, 2.05) is 6.92 Å². The summed E-state index contributed by atoms with van der Waals surface area (Å²) < 4.78 is 0. The van der Waals surface area contributed by atoms with Crippen molar-refractivity contribution in [3.8, 4) is 0 Å². The Morgan fingerprint density at radius 2 is 2.53 bits per heavy atom. The Bertz CT molecular complexity index is 313. The van der Waals surface area contributed by atoms with Gasteiger partial charge in [0.1, 0.15) is 0 Å². The van der Waals surface area contributed by atoms with Gasteiger partial charge in [-0.3, -0.25) is 0 Å². The zero-order chi connectivity index (χ0) is 10.7. The van der Waals surface area contributed by atoms with Crippen molar-refractivity contribution in [2.45, 2.75) is 19.8 Å². The fourth-order valence-corrected chi connectivity index (χ4v) is 2.71. The average molecular weight is 226 g/mol. The molecule has 4 heteroatoms. The maximum absolute atomic E-state index is 9.04. The van der Waals surface area contributed by atoms with Crippen molar-refractivity contribution in [2.24, 2.45) is 5.92 Å². The fourth-order valence-electron chi connectivity index (χ4n) is 2.06. The average Bonchev–Trinajstić information content (AvgIpc) is 2.83. The first kappa shape index (κ1) is 11.0. The minimum atomic E-state index is 0.340. The third-order valence-corrected chi connectivity index (χ3v) is 3.80. The van der Waals surface area contributed by atoms with Crippen LogP contribution in [0.4, 0.5) is 0 Å². The highest BCUT2D eigenvalue weighted by Gasteiger charge is 2.21. The van der Waals surface area contributed by atoms with Gasteiger partial charge in [0.25, 0.3) is 0 Å². The van der Waals surface area contributed by atoms with Crippen molar-refractivity contribution in [3.05, 3.63) is 16.1 Å². The van der Waals surface area contributed by atoms with Crippen LogP contribution in [0.1, 0.15) is 17.1 Å². The molecule has 1 aromatic heterocycles. The van der Waals surface area contributed by atoms with E-state index in [4.69, 9.17) is 5.11 Å². The molecular weight excluding hydrogens is 208 g/mol. The maximum atomic E-state index is 9.04. The highest BCUT2D eigenvalue weighted by Crippen LogP contribution is 2.16. The molecule has 1 aromatic rings. The Morgan fingerprint density at radius 1 is 1.67 bits per heavy atom. The quantitative estimate of drug-likeness (QED) is 0.841. The molecule has 1 N–H and O–H groups in total. The van der Waals surface area contributed by atoms with Crippen LogP contribution < -0.4 is 0 Å². The normalized spacial score (nSPS) is 22.4. The molecule has 0 aliphatic carbocycles. The van der Waals surface area contributed by atoms with E-state index < -0.39 is 0 Å². The first-order valence-electron chi connectivity index (χ1n) is 5.52. The fraction of sp³-hybridized carbons (Fsp3) is 0.727. The van der Waals surface area contributed by atoms with Gasteiger partial charge >= 0.3 is 0 Å². The van der Waals surface area contributed by atoms with Crippen molar-refractivity contribution < 1.29 is 5.11 Å². The number of aromatic nitrogens is 1. The highest BCUT2D eigenvalue weighted by atomic mass is 32.1. The van der Waals surface area contributed by atoms with Gasteiger partial charge in [0, 0.05) is 31.5 Å². The molecule has 0 spiro atoms. The highest BCUT2D eigenvalue weighted by molar-refractivity contribution is 7.09. The van der Waals surface area contributed by atoms with Gasteiger partial charge in [0.15, 0.2) is 0 Å². The van der Waals surface area contributed by atoms with Crippen LogP contribution in [0.3, 0.4) is 0 Å². The second-order valence-electron chi connectivity index (χ2n) is 4.25. The number of rotatable bonds is 4. The molecule has 1 fully saturated rings. The lowest BCUT2D eigenvalue weighted by Crippen LogP contribution is -2.24. The number of nitrogens with zero attached hydrogens (tertiary/aromatic N) is 2. The Kier molecular flexibility index (Phi) is 3.72. The van der Waals surface area contributed by atoms with E-state index in [0.29, 0.717) is 12.5 Å². The number of aryl methyl sites for hydroxylation is 1. The topological polar surface area (TPSA) is 36.4 Å².